The zero-order chi connectivity index (χ0) is 7.83. The molecule has 1 aliphatic rings. The molecule has 0 bridgehead atoms. The number of aliphatic hydroxyl groups is 1. The summed E-state index contributed by atoms with van der Waals surface area (Å²) >= 11 is 0. The van der Waals surface area contributed by atoms with Crippen LogP contribution in [0.2, 0.25) is 0 Å². The Kier molecular flexibility index (Phi) is 1.87. The van der Waals surface area contributed by atoms with Gasteiger partial charge in [-0.25, -0.2) is 0 Å². The SMILES string of the molecule is O=P(O)(O)C1(O)CCNC1. The first-order valence-corrected chi connectivity index (χ1v) is 4.56. The van der Waals surface area contributed by atoms with E-state index < -0.39 is 12.9 Å². The maximum atomic E-state index is 10.6. The van der Waals surface area contributed by atoms with Crippen molar-refractivity contribution in [2.45, 2.75) is 11.8 Å². The Morgan fingerprint density at radius 3 is 2.30 bits per heavy atom. The lowest BCUT2D eigenvalue weighted by Gasteiger charge is -2.21. The van der Waals surface area contributed by atoms with Crippen molar-refractivity contribution in [2.75, 3.05) is 13.1 Å². The smallest absolute Gasteiger partial charge is 0.358 e. The van der Waals surface area contributed by atoms with E-state index in [0.29, 0.717) is 6.54 Å². The molecule has 4 N–H and O–H groups in total. The van der Waals surface area contributed by atoms with Crippen molar-refractivity contribution < 1.29 is 19.5 Å². The molecule has 5 nitrogen and oxygen atoms in total. The van der Waals surface area contributed by atoms with Crippen molar-refractivity contribution in [3.8, 4) is 0 Å². The van der Waals surface area contributed by atoms with Crippen LogP contribution in [0.4, 0.5) is 0 Å². The molecule has 0 aromatic carbocycles. The van der Waals surface area contributed by atoms with Gasteiger partial charge in [0.1, 0.15) is 0 Å². The van der Waals surface area contributed by atoms with E-state index in [1.165, 1.54) is 0 Å². The van der Waals surface area contributed by atoms with Crippen LogP contribution >= 0.6 is 7.60 Å². The molecule has 0 spiro atoms. The molecular weight excluding hydrogens is 157 g/mol. The van der Waals surface area contributed by atoms with Crippen LogP contribution < -0.4 is 5.32 Å². The molecular formula is C4H10NO4P. The predicted octanol–water partition coefficient (Wildman–Crippen LogP) is -1.15. The lowest BCUT2D eigenvalue weighted by atomic mass is 10.3. The van der Waals surface area contributed by atoms with Crippen LogP contribution in [0.15, 0.2) is 0 Å². The van der Waals surface area contributed by atoms with Crippen molar-refractivity contribution in [1.82, 2.24) is 5.32 Å². The average Bonchev–Trinajstić information content (AvgIpc) is 2.13. The van der Waals surface area contributed by atoms with Crippen LogP contribution in [0, 0.1) is 0 Å². The van der Waals surface area contributed by atoms with Crippen LogP contribution in [-0.2, 0) is 4.57 Å². The highest BCUT2D eigenvalue weighted by Gasteiger charge is 2.47. The quantitative estimate of drug-likeness (QED) is 0.370. The monoisotopic (exact) mass is 167 g/mol. The Balaban J connectivity index is 2.78. The predicted molar refractivity (Wildman–Crippen MR) is 34.5 cm³/mol. The van der Waals surface area contributed by atoms with Gasteiger partial charge in [-0.2, -0.15) is 0 Å². The van der Waals surface area contributed by atoms with Crippen LogP contribution in [0.3, 0.4) is 0 Å². The number of β-amino-alcohol motifs (C(OH)–C–C–N with tert-alkyl or cyclic N) is 1. The highest BCUT2D eigenvalue weighted by molar-refractivity contribution is 7.53. The molecule has 1 heterocycles. The van der Waals surface area contributed by atoms with Crippen molar-refractivity contribution in [2.24, 2.45) is 0 Å². The van der Waals surface area contributed by atoms with E-state index >= 15 is 0 Å². The number of hydrogen-bond acceptors (Lipinski definition) is 3. The van der Waals surface area contributed by atoms with E-state index in [4.69, 9.17) is 9.79 Å². The van der Waals surface area contributed by atoms with E-state index in [2.05, 4.69) is 5.32 Å². The summed E-state index contributed by atoms with van der Waals surface area (Å²) in [6.07, 6.45) is 0.122. The Morgan fingerprint density at radius 2 is 2.10 bits per heavy atom. The van der Waals surface area contributed by atoms with Crippen molar-refractivity contribution in [3.05, 3.63) is 0 Å². The summed E-state index contributed by atoms with van der Waals surface area (Å²) in [5.41, 5.74) is 0. The lowest BCUT2D eigenvalue weighted by molar-refractivity contribution is 0.110. The van der Waals surface area contributed by atoms with Gasteiger partial charge in [0.15, 0.2) is 5.34 Å². The number of hydrogen-bond donors (Lipinski definition) is 4. The normalized spacial score (nSPS) is 34.7. The minimum atomic E-state index is -4.33. The molecule has 0 radical (unpaired) electrons. The molecule has 60 valence electrons. The summed E-state index contributed by atoms with van der Waals surface area (Å²) in [5, 5.41) is 10.1. The summed E-state index contributed by atoms with van der Waals surface area (Å²) in [4.78, 5) is 17.2. The van der Waals surface area contributed by atoms with Crippen LogP contribution in [0.1, 0.15) is 6.42 Å². The molecule has 0 aliphatic carbocycles. The summed E-state index contributed by atoms with van der Waals surface area (Å²) in [6.45, 7) is 0.443. The van der Waals surface area contributed by atoms with Crippen LogP contribution in [0.25, 0.3) is 0 Å². The molecule has 1 fully saturated rings. The molecule has 0 aromatic heterocycles. The molecule has 6 heteroatoms. The average molecular weight is 167 g/mol. The van der Waals surface area contributed by atoms with E-state index in [-0.39, 0.29) is 13.0 Å². The first-order chi connectivity index (χ1) is 4.46. The van der Waals surface area contributed by atoms with Crippen molar-refractivity contribution in [1.29, 1.82) is 0 Å². The number of nitrogens with one attached hydrogen (secondary N) is 1. The summed E-state index contributed by atoms with van der Waals surface area (Å²) in [5.74, 6) is 0. The van der Waals surface area contributed by atoms with Crippen LogP contribution in [0.5, 0.6) is 0 Å². The molecule has 10 heavy (non-hydrogen) atoms. The molecule has 1 saturated heterocycles. The number of rotatable bonds is 1. The summed E-state index contributed by atoms with van der Waals surface area (Å²) in [7, 11) is -4.33. The Bertz CT molecular complexity index is 170. The minimum absolute atomic E-state index is 0.0166. The third kappa shape index (κ3) is 1.24. The second-order valence-electron chi connectivity index (χ2n) is 2.45. The lowest BCUT2D eigenvalue weighted by Crippen LogP contribution is -2.30. The maximum Gasteiger partial charge on any atom is 0.358 e. The van der Waals surface area contributed by atoms with Gasteiger partial charge in [0.25, 0.3) is 0 Å². The molecule has 0 aromatic rings. The Labute approximate surface area is 58.2 Å². The van der Waals surface area contributed by atoms with Gasteiger partial charge in [-0.3, -0.25) is 4.57 Å². The van der Waals surface area contributed by atoms with Gasteiger partial charge in [-0.1, -0.05) is 0 Å². The fourth-order valence-corrected chi connectivity index (χ4v) is 1.64. The topological polar surface area (TPSA) is 89.8 Å². The van der Waals surface area contributed by atoms with Gasteiger partial charge in [0.05, 0.1) is 0 Å². The van der Waals surface area contributed by atoms with Crippen molar-refractivity contribution >= 4 is 7.60 Å². The first-order valence-electron chi connectivity index (χ1n) is 2.94. The van der Waals surface area contributed by atoms with E-state index in [9.17, 15) is 9.67 Å². The Morgan fingerprint density at radius 1 is 1.50 bits per heavy atom. The third-order valence-corrected chi connectivity index (χ3v) is 3.12. The standard InChI is InChI=1S/C4H10NO4P/c6-4(10(7,8)9)1-2-5-3-4/h5-6H,1-3H2,(H2,7,8,9). The minimum Gasteiger partial charge on any atom is -0.376 e. The van der Waals surface area contributed by atoms with Gasteiger partial charge in [-0.15, -0.1) is 0 Å². The van der Waals surface area contributed by atoms with Gasteiger partial charge < -0.3 is 20.2 Å². The van der Waals surface area contributed by atoms with E-state index in [1.807, 2.05) is 0 Å². The molecule has 1 atom stereocenters. The van der Waals surface area contributed by atoms with E-state index in [0.717, 1.165) is 0 Å². The Hall–Kier alpha value is 0.0700. The zero-order valence-electron chi connectivity index (χ0n) is 5.32. The second-order valence-corrected chi connectivity index (χ2v) is 4.37. The van der Waals surface area contributed by atoms with Crippen molar-refractivity contribution in [3.63, 3.8) is 0 Å². The molecule has 1 unspecified atom stereocenters. The molecule has 1 aliphatic heterocycles. The molecule has 1 rings (SSSR count). The van der Waals surface area contributed by atoms with Gasteiger partial charge in [0, 0.05) is 13.0 Å². The molecule has 0 amide bonds. The largest absolute Gasteiger partial charge is 0.376 e. The van der Waals surface area contributed by atoms with E-state index in [1.54, 1.807) is 0 Å². The summed E-state index contributed by atoms with van der Waals surface area (Å²) in [6, 6.07) is 0. The fourth-order valence-electron chi connectivity index (χ4n) is 0.914. The van der Waals surface area contributed by atoms with Gasteiger partial charge in [0.2, 0.25) is 0 Å². The highest BCUT2D eigenvalue weighted by atomic mass is 31.2. The van der Waals surface area contributed by atoms with Gasteiger partial charge >= 0.3 is 7.60 Å². The highest BCUT2D eigenvalue weighted by Crippen LogP contribution is 2.51. The molecule has 0 saturated carbocycles. The second kappa shape index (κ2) is 2.29. The summed E-state index contributed by atoms with van der Waals surface area (Å²) < 4.78 is 10.6. The maximum absolute atomic E-state index is 10.6. The third-order valence-electron chi connectivity index (χ3n) is 1.65. The fraction of sp³-hybridized carbons (Fsp3) is 1.00. The van der Waals surface area contributed by atoms with Gasteiger partial charge in [-0.05, 0) is 6.54 Å². The van der Waals surface area contributed by atoms with Crippen LogP contribution in [-0.4, -0.2) is 33.3 Å². The zero-order valence-corrected chi connectivity index (χ0v) is 6.21. The first kappa shape index (κ1) is 8.17.